The molecule has 10 rings (SSSR count). The number of likely N-dealkylation sites (N-methyl/N-ethyl adjacent to an activating group) is 2. The molecule has 1 saturated carbocycles. The van der Waals surface area contributed by atoms with Crippen molar-refractivity contribution in [1.82, 2.24) is 82.3 Å². The van der Waals surface area contributed by atoms with Crippen LogP contribution in [0.5, 0.6) is 0 Å². The number of carbonyl (C=O) groups is 7. The molecule has 2 aromatic heterocycles. The van der Waals surface area contributed by atoms with Crippen molar-refractivity contribution in [2.45, 2.75) is 223 Å². The minimum atomic E-state index is -0.892. The lowest BCUT2D eigenvalue weighted by Gasteiger charge is -2.33. The second kappa shape index (κ2) is 35.9. The molecule has 0 unspecified atom stereocenters. The van der Waals surface area contributed by atoms with E-state index in [0.29, 0.717) is 70.2 Å². The number of fused-ring (bicyclic) bond motifs is 2. The topological polar surface area (TPSA) is 284 Å². The van der Waals surface area contributed by atoms with Gasteiger partial charge in [-0.25, -0.2) is 0 Å². The fraction of sp³-hybridized carbons (Fsp3) is 0.603. The normalized spacial score (nSPS) is 24.0. The molecule has 5 aliphatic rings. The Kier molecular flexibility index (Phi) is 26.5. The predicted octanol–water partition coefficient (Wildman–Crippen LogP) is 6.19. The number of hydrogen-bond acceptors (Lipinski definition) is 14. The van der Waals surface area contributed by atoms with Crippen LogP contribution in [-0.2, 0) is 66.2 Å². The van der Waals surface area contributed by atoms with Crippen LogP contribution in [0.15, 0.2) is 103 Å². The second-order valence-corrected chi connectivity index (χ2v) is 27.5. The lowest BCUT2D eigenvalue weighted by molar-refractivity contribution is -0.143. The Bertz CT molecular complexity index is 3280. The molecule has 8 N–H and O–H groups in total. The molecule has 6 heterocycles. The van der Waals surface area contributed by atoms with Gasteiger partial charge in [-0.05, 0) is 132 Å². The Morgan fingerprint density at radius 2 is 1.14 bits per heavy atom. The van der Waals surface area contributed by atoms with Crippen LogP contribution in [0.4, 0.5) is 0 Å². The average molecular weight is 1320 g/mol. The van der Waals surface area contributed by atoms with E-state index in [-0.39, 0.29) is 84.8 Å². The first-order valence-corrected chi connectivity index (χ1v) is 35.9. The zero-order valence-corrected chi connectivity index (χ0v) is 56.7. The molecule has 4 aliphatic heterocycles. The van der Waals surface area contributed by atoms with Crippen molar-refractivity contribution in [2.24, 2.45) is 23.7 Å². The van der Waals surface area contributed by atoms with Gasteiger partial charge < -0.3 is 52.3 Å². The molecule has 518 valence electrons. The highest BCUT2D eigenvalue weighted by molar-refractivity contribution is 5.95. The molecule has 0 spiro atoms. The second-order valence-electron chi connectivity index (χ2n) is 27.5. The van der Waals surface area contributed by atoms with Gasteiger partial charge in [0.15, 0.2) is 0 Å². The zero-order chi connectivity index (χ0) is 67.2. The summed E-state index contributed by atoms with van der Waals surface area (Å²) in [6.07, 6.45) is 22.7. The summed E-state index contributed by atoms with van der Waals surface area (Å²) in [6.45, 7) is 5.49. The van der Waals surface area contributed by atoms with Crippen LogP contribution in [0.1, 0.15) is 176 Å². The van der Waals surface area contributed by atoms with Crippen molar-refractivity contribution in [2.75, 3.05) is 33.7 Å². The van der Waals surface area contributed by atoms with Crippen LogP contribution in [0, 0.1) is 23.7 Å². The van der Waals surface area contributed by atoms with Crippen LogP contribution >= 0.6 is 0 Å². The summed E-state index contributed by atoms with van der Waals surface area (Å²) in [5.41, 5.74) is 4.43. The van der Waals surface area contributed by atoms with Gasteiger partial charge >= 0.3 is 0 Å². The van der Waals surface area contributed by atoms with Crippen molar-refractivity contribution >= 4 is 41.4 Å². The first kappa shape index (κ1) is 70.9. The van der Waals surface area contributed by atoms with Gasteiger partial charge in [0.1, 0.15) is 29.9 Å². The number of hydrogen-bond donors (Lipinski definition) is 8. The van der Waals surface area contributed by atoms with Crippen LogP contribution < -0.4 is 42.5 Å². The van der Waals surface area contributed by atoms with E-state index in [9.17, 15) is 33.6 Å². The highest BCUT2D eigenvalue weighted by atomic mass is 16.2. The molecule has 4 saturated heterocycles. The summed E-state index contributed by atoms with van der Waals surface area (Å²) in [5, 5.41) is 42.9. The number of nitrogens with zero attached hydrogens (tertiary/aromatic N) is 8. The maximum atomic E-state index is 14.7. The third-order valence-electron chi connectivity index (χ3n) is 21.0. The average Bonchev–Trinajstić information content (AvgIpc) is 1.80. The molecule has 5 aromatic rings. The van der Waals surface area contributed by atoms with E-state index < -0.39 is 36.3 Å². The molecule has 96 heavy (non-hydrogen) atoms. The summed E-state index contributed by atoms with van der Waals surface area (Å²) in [4.78, 5) is 101. The first-order valence-electron chi connectivity index (χ1n) is 35.9. The van der Waals surface area contributed by atoms with Gasteiger partial charge in [-0.15, -0.1) is 10.2 Å². The Balaban J connectivity index is 0.620. The molecule has 3 aromatic carbocycles. The van der Waals surface area contributed by atoms with Gasteiger partial charge in [0, 0.05) is 69.8 Å². The van der Waals surface area contributed by atoms with Crippen LogP contribution in [0.2, 0.25) is 0 Å². The van der Waals surface area contributed by atoms with Crippen LogP contribution in [-0.4, -0.2) is 157 Å². The van der Waals surface area contributed by atoms with Crippen molar-refractivity contribution in [3.05, 3.63) is 131 Å². The van der Waals surface area contributed by atoms with E-state index >= 15 is 0 Å². The van der Waals surface area contributed by atoms with Crippen molar-refractivity contribution < 1.29 is 33.6 Å². The van der Waals surface area contributed by atoms with Gasteiger partial charge in [0.2, 0.25) is 41.4 Å². The fourth-order valence-corrected chi connectivity index (χ4v) is 15.6. The minimum Gasteiger partial charge on any atom is -0.356 e. The first-order chi connectivity index (χ1) is 46.9. The minimum absolute atomic E-state index is 0.0793. The summed E-state index contributed by atoms with van der Waals surface area (Å²) < 4.78 is 3.77. The number of unbranched alkanes of at least 4 members (excludes halogenated alkanes) is 2. The Morgan fingerprint density at radius 1 is 0.573 bits per heavy atom. The third kappa shape index (κ3) is 19.4. The summed E-state index contributed by atoms with van der Waals surface area (Å²) >= 11 is 0. The van der Waals surface area contributed by atoms with Gasteiger partial charge in [-0.1, -0.05) is 160 Å². The smallest absolute Gasteiger partial charge is 0.246 e. The van der Waals surface area contributed by atoms with Crippen molar-refractivity contribution in [3.63, 3.8) is 0 Å². The van der Waals surface area contributed by atoms with Crippen molar-refractivity contribution in [1.29, 1.82) is 0 Å². The maximum absolute atomic E-state index is 14.7. The van der Waals surface area contributed by atoms with Gasteiger partial charge in [-0.3, -0.25) is 42.9 Å². The number of rotatable bonds is 34. The third-order valence-corrected chi connectivity index (χ3v) is 21.0. The number of aryl methyl sites for hydroxylation is 3. The molecule has 23 heteroatoms. The highest BCUT2D eigenvalue weighted by Gasteiger charge is 2.49. The summed E-state index contributed by atoms with van der Waals surface area (Å²) in [7, 11) is 3.43. The van der Waals surface area contributed by atoms with E-state index in [1.165, 1.54) is 44.1 Å². The zero-order valence-electron chi connectivity index (χ0n) is 56.7. The maximum Gasteiger partial charge on any atom is 0.246 e. The Morgan fingerprint density at radius 3 is 1.75 bits per heavy atom. The molecular formula is C73H104N16O7. The Hall–Kier alpha value is -7.89. The lowest BCUT2D eigenvalue weighted by Crippen LogP contribution is -2.59. The van der Waals surface area contributed by atoms with Crippen LogP contribution in [0.3, 0.4) is 0 Å². The van der Waals surface area contributed by atoms with Gasteiger partial charge in [0.25, 0.3) is 0 Å². The largest absolute Gasteiger partial charge is 0.356 e. The van der Waals surface area contributed by atoms with E-state index in [2.05, 4.69) is 75.3 Å². The predicted molar refractivity (Wildman–Crippen MR) is 366 cm³/mol. The highest BCUT2D eigenvalue weighted by Crippen LogP contribution is 2.38. The van der Waals surface area contributed by atoms with Gasteiger partial charge in [0.05, 0.1) is 30.5 Å². The number of amides is 7. The van der Waals surface area contributed by atoms with E-state index in [0.717, 1.165) is 93.2 Å². The SMILES string of the molecule is CC[C@H](NC)C(=O)N[C@@H]1C(=O)N2[C@@H](CC[C@@H]1CNC(=O)CCc1cn(CCCCC3CCC(CCCCn4cc([C@@H](NC(=O)[C@@H]5CC[C@@H]6CC[C@H](CCNCc7ccccc7)[C@H](NC(=O)CNC)C(=O)N65)c5ccccc5)nn4)CC3)nn1)CC[C@H]2C(=O)NCc1ccccc1. The van der Waals surface area contributed by atoms with E-state index in [4.69, 9.17) is 0 Å². The van der Waals surface area contributed by atoms with Crippen molar-refractivity contribution in [3.8, 4) is 0 Å². The molecular weight excluding hydrogens is 1210 g/mol. The number of carbonyl (C=O) groups excluding carboxylic acids is 7. The molecule has 1 aliphatic carbocycles. The van der Waals surface area contributed by atoms with E-state index in [1.54, 1.807) is 23.9 Å². The number of nitrogens with one attached hydrogen (secondary N) is 8. The van der Waals surface area contributed by atoms with Gasteiger partial charge in [-0.2, -0.15) is 0 Å². The fourth-order valence-electron chi connectivity index (χ4n) is 15.6. The number of aromatic nitrogens is 6. The summed E-state index contributed by atoms with van der Waals surface area (Å²) in [6, 6.07) is 25.5. The standard InChI is InChI=1S/C73H104N16O7/c1-4-60(75-3)69(92)81-68-56(31-34-59-35-37-62(88(59)73(68)96)70(93)78-45-53-22-10-6-11-23-53)46-77-64(90)39-32-57-48-86(84-82-57)42-16-14-18-50-26-28-51(29-27-50)19-15-17-43-87-49-61(83-85-87)66(54-24-12-7-13-25-54)80-71(94)63-38-36-58-33-30-55(40-41-76-44-52-20-8-5-9-21-52)67(72(95)89(58)63)79-65(91)47-74-2/h5-13,20-25,48-51,55-56,58-60,62-63,66-68,74-76H,4,14-19,26-47H2,1-3H3,(H,77,90)(H,78,93)(H,79,91)(H,80,94)(H,81,92)/t50?,51?,55-,56-,58+,59+,60+,62+,63+,66+,67+,68+/m1/s1. The molecule has 5 fully saturated rings. The summed E-state index contributed by atoms with van der Waals surface area (Å²) in [5.74, 6) is -0.547. The molecule has 7 amide bonds. The monoisotopic (exact) mass is 1320 g/mol. The Labute approximate surface area is 566 Å². The van der Waals surface area contributed by atoms with Crippen LogP contribution in [0.25, 0.3) is 0 Å². The quantitative estimate of drug-likeness (QED) is 0.0213. The molecule has 23 nitrogen and oxygen atoms in total. The van der Waals surface area contributed by atoms with E-state index in [1.807, 2.05) is 108 Å². The molecule has 0 bridgehead atoms. The lowest BCUT2D eigenvalue weighted by atomic mass is 9.78. The molecule has 10 atom stereocenters. The number of benzene rings is 3. The molecule has 0 radical (unpaired) electrons.